The molecule has 5 nitrogen and oxygen atoms in total. The molecule has 34 heavy (non-hydrogen) atoms. The molecule has 0 aromatic heterocycles. The first-order valence-electron chi connectivity index (χ1n) is 12.1. The summed E-state index contributed by atoms with van der Waals surface area (Å²) >= 11 is 19.0. The third-order valence-corrected chi connectivity index (χ3v) is 8.23. The fourth-order valence-electron chi connectivity index (χ4n) is 5.42. The molecule has 8 heteroatoms. The normalized spacial score (nSPS) is 19.2. The first-order valence-corrected chi connectivity index (χ1v) is 13.2. The second-order valence-electron chi connectivity index (χ2n) is 9.60. The number of benzene rings is 2. The third-order valence-electron chi connectivity index (χ3n) is 7.33. The van der Waals surface area contributed by atoms with E-state index < -0.39 is 0 Å². The Hall–Kier alpha value is -1.66. The quantitative estimate of drug-likeness (QED) is 0.451. The van der Waals surface area contributed by atoms with Gasteiger partial charge in [-0.3, -0.25) is 9.69 Å². The molecule has 0 saturated carbocycles. The minimum Gasteiger partial charge on any atom is -0.377 e. The van der Waals surface area contributed by atoms with Crippen LogP contribution in [0.4, 0.5) is 11.4 Å². The van der Waals surface area contributed by atoms with E-state index in [1.54, 1.807) is 6.07 Å². The number of amides is 1. The van der Waals surface area contributed by atoms with Gasteiger partial charge in [-0.25, -0.2) is 0 Å². The van der Waals surface area contributed by atoms with Crippen molar-refractivity contribution in [1.29, 1.82) is 0 Å². The number of primary amides is 1. The number of nitrogens with one attached hydrogen (secondary N) is 1. The number of hydrogen-bond donors (Lipinski definition) is 2. The topological polar surface area (TPSA) is 61.6 Å². The van der Waals surface area contributed by atoms with Crippen LogP contribution in [0, 0.1) is 11.8 Å². The number of rotatable bonds is 7. The van der Waals surface area contributed by atoms with Gasteiger partial charge in [0.05, 0.1) is 23.3 Å². The van der Waals surface area contributed by atoms with E-state index in [4.69, 9.17) is 40.5 Å². The van der Waals surface area contributed by atoms with Crippen LogP contribution in [0.2, 0.25) is 15.1 Å². The molecule has 4 rings (SSSR count). The molecule has 2 aliphatic heterocycles. The first-order chi connectivity index (χ1) is 16.3. The van der Waals surface area contributed by atoms with Gasteiger partial charge in [0, 0.05) is 28.8 Å². The van der Waals surface area contributed by atoms with Crippen LogP contribution < -0.4 is 16.0 Å². The Morgan fingerprint density at radius 1 is 0.971 bits per heavy atom. The zero-order valence-corrected chi connectivity index (χ0v) is 21.8. The Kier molecular flexibility index (Phi) is 8.52. The van der Waals surface area contributed by atoms with E-state index in [0.717, 1.165) is 62.1 Å². The van der Waals surface area contributed by atoms with E-state index >= 15 is 0 Å². The Morgan fingerprint density at radius 2 is 1.62 bits per heavy atom. The summed E-state index contributed by atoms with van der Waals surface area (Å²) in [7, 11) is 0. The van der Waals surface area contributed by atoms with Gasteiger partial charge in [-0.2, -0.15) is 0 Å². The minimum absolute atomic E-state index is 0.0105. The molecular formula is C26H33Cl3N4O. The molecule has 0 bridgehead atoms. The van der Waals surface area contributed by atoms with Crippen LogP contribution in [-0.2, 0) is 4.79 Å². The standard InChI is InChI=1S/C26H33Cl3N4O/c1-17(22-4-2-20(27)14-24(22)29)31-25-15-21(3-5-23(25)28)33-12-8-19(9-13-33)18-6-10-32(11-7-18)16-26(30)34/h2-5,14-15,17-19,31H,6-13,16H2,1H3,(H2,30,34). The molecule has 2 aromatic carbocycles. The summed E-state index contributed by atoms with van der Waals surface area (Å²) in [6, 6.07) is 11.8. The highest BCUT2D eigenvalue weighted by atomic mass is 35.5. The molecule has 0 aliphatic carbocycles. The van der Waals surface area contributed by atoms with Crippen LogP contribution >= 0.6 is 34.8 Å². The van der Waals surface area contributed by atoms with Crippen LogP contribution in [0.1, 0.15) is 44.2 Å². The van der Waals surface area contributed by atoms with Gasteiger partial charge in [0.15, 0.2) is 0 Å². The molecule has 0 spiro atoms. The summed E-state index contributed by atoms with van der Waals surface area (Å²) in [5, 5.41) is 5.48. The van der Waals surface area contributed by atoms with Crippen LogP contribution in [0.25, 0.3) is 0 Å². The number of halogens is 3. The number of piperidine rings is 2. The zero-order chi connectivity index (χ0) is 24.2. The second kappa shape index (κ2) is 11.4. The number of carbonyl (C=O) groups excluding carboxylic acids is 1. The van der Waals surface area contributed by atoms with Gasteiger partial charge in [-0.15, -0.1) is 0 Å². The summed E-state index contributed by atoms with van der Waals surface area (Å²) in [5.41, 5.74) is 8.43. The van der Waals surface area contributed by atoms with Crippen molar-refractivity contribution in [3.8, 4) is 0 Å². The number of likely N-dealkylation sites (tertiary alicyclic amines) is 1. The molecule has 3 N–H and O–H groups in total. The maximum Gasteiger partial charge on any atom is 0.231 e. The van der Waals surface area contributed by atoms with Crippen molar-refractivity contribution in [2.45, 2.75) is 38.6 Å². The molecule has 1 unspecified atom stereocenters. The summed E-state index contributed by atoms with van der Waals surface area (Å²) in [4.78, 5) is 15.8. The Morgan fingerprint density at radius 3 is 2.24 bits per heavy atom. The summed E-state index contributed by atoms with van der Waals surface area (Å²) < 4.78 is 0. The van der Waals surface area contributed by atoms with Crippen LogP contribution in [0.5, 0.6) is 0 Å². The number of anilines is 2. The van der Waals surface area contributed by atoms with Gasteiger partial charge in [-0.05, 0) is 93.4 Å². The lowest BCUT2D eigenvalue weighted by Crippen LogP contribution is -2.43. The average molecular weight is 524 g/mol. The molecule has 2 saturated heterocycles. The lowest BCUT2D eigenvalue weighted by molar-refractivity contribution is -0.119. The van der Waals surface area contributed by atoms with Gasteiger partial charge in [0.1, 0.15) is 0 Å². The second-order valence-corrected chi connectivity index (χ2v) is 10.9. The van der Waals surface area contributed by atoms with Crippen LogP contribution in [-0.4, -0.2) is 43.5 Å². The van der Waals surface area contributed by atoms with Gasteiger partial charge in [0.25, 0.3) is 0 Å². The summed E-state index contributed by atoms with van der Waals surface area (Å²) in [6.45, 7) is 6.52. The summed E-state index contributed by atoms with van der Waals surface area (Å²) in [5.74, 6) is 1.27. The van der Waals surface area contributed by atoms with Crippen molar-refractivity contribution < 1.29 is 4.79 Å². The number of carbonyl (C=O) groups is 1. The Labute approximate surface area is 217 Å². The predicted octanol–water partition coefficient (Wildman–Crippen LogP) is 6.23. The summed E-state index contributed by atoms with van der Waals surface area (Å²) in [6.07, 6.45) is 4.72. The Balaban J connectivity index is 1.34. The maximum absolute atomic E-state index is 11.2. The van der Waals surface area contributed by atoms with Crippen molar-refractivity contribution in [1.82, 2.24) is 4.90 Å². The highest BCUT2D eigenvalue weighted by Gasteiger charge is 2.30. The van der Waals surface area contributed by atoms with E-state index in [2.05, 4.69) is 34.2 Å². The molecule has 1 atom stereocenters. The predicted molar refractivity (Wildman–Crippen MR) is 143 cm³/mol. The van der Waals surface area contributed by atoms with Crippen molar-refractivity contribution in [3.05, 3.63) is 57.0 Å². The number of hydrogen-bond acceptors (Lipinski definition) is 4. The highest BCUT2D eigenvalue weighted by Crippen LogP contribution is 2.37. The highest BCUT2D eigenvalue weighted by molar-refractivity contribution is 6.35. The van der Waals surface area contributed by atoms with Gasteiger partial charge < -0.3 is 16.0 Å². The van der Waals surface area contributed by atoms with E-state index in [1.807, 2.05) is 18.2 Å². The molecule has 2 aromatic rings. The fraction of sp³-hybridized carbons (Fsp3) is 0.500. The molecular weight excluding hydrogens is 491 g/mol. The minimum atomic E-state index is -0.228. The SMILES string of the molecule is CC(Nc1cc(N2CCC(C3CCN(CC(N)=O)CC3)CC2)ccc1Cl)c1ccc(Cl)cc1Cl. The van der Waals surface area contributed by atoms with Gasteiger partial charge in [-0.1, -0.05) is 40.9 Å². The first kappa shape index (κ1) is 25.4. The third kappa shape index (κ3) is 6.31. The largest absolute Gasteiger partial charge is 0.377 e. The van der Waals surface area contributed by atoms with E-state index in [0.29, 0.717) is 21.6 Å². The van der Waals surface area contributed by atoms with Crippen molar-refractivity contribution >= 4 is 52.1 Å². The monoisotopic (exact) mass is 522 g/mol. The van der Waals surface area contributed by atoms with Gasteiger partial charge >= 0.3 is 0 Å². The molecule has 184 valence electrons. The molecule has 2 aliphatic rings. The fourth-order valence-corrected chi connectivity index (χ4v) is 6.16. The number of nitrogens with two attached hydrogens (primary N) is 1. The zero-order valence-electron chi connectivity index (χ0n) is 19.6. The molecule has 1 amide bonds. The number of nitrogens with zero attached hydrogens (tertiary/aromatic N) is 2. The van der Waals surface area contributed by atoms with E-state index in [-0.39, 0.29) is 11.9 Å². The van der Waals surface area contributed by atoms with Crippen molar-refractivity contribution in [2.75, 3.05) is 42.9 Å². The van der Waals surface area contributed by atoms with Gasteiger partial charge in [0.2, 0.25) is 5.91 Å². The van der Waals surface area contributed by atoms with Crippen molar-refractivity contribution in [2.24, 2.45) is 17.6 Å². The lowest BCUT2D eigenvalue weighted by atomic mass is 9.78. The van der Waals surface area contributed by atoms with Crippen molar-refractivity contribution in [3.63, 3.8) is 0 Å². The van der Waals surface area contributed by atoms with Crippen LogP contribution in [0.3, 0.4) is 0 Å². The smallest absolute Gasteiger partial charge is 0.231 e. The molecule has 0 radical (unpaired) electrons. The molecule has 2 heterocycles. The molecule has 2 fully saturated rings. The Bertz CT molecular complexity index is 1000. The van der Waals surface area contributed by atoms with E-state index in [1.165, 1.54) is 18.5 Å². The van der Waals surface area contributed by atoms with E-state index in [9.17, 15) is 4.79 Å². The average Bonchev–Trinajstić information content (AvgIpc) is 2.81. The maximum atomic E-state index is 11.2. The lowest BCUT2D eigenvalue weighted by Gasteiger charge is -2.40. The van der Waals surface area contributed by atoms with Crippen LogP contribution in [0.15, 0.2) is 36.4 Å².